The van der Waals surface area contributed by atoms with Crippen LogP contribution in [-0.2, 0) is 13.0 Å². The van der Waals surface area contributed by atoms with Gasteiger partial charge in [0.25, 0.3) is 0 Å². The Hall–Kier alpha value is -2.73. The van der Waals surface area contributed by atoms with Gasteiger partial charge in [0.15, 0.2) is 5.82 Å². The quantitative estimate of drug-likeness (QED) is 0.508. The summed E-state index contributed by atoms with van der Waals surface area (Å²) in [6, 6.07) is 17.9. The molecule has 1 heterocycles. The topological polar surface area (TPSA) is 55.2 Å². The largest absolute Gasteiger partial charge is 0.489 e. The third kappa shape index (κ3) is 4.64. The van der Waals surface area contributed by atoms with Crippen LogP contribution in [0.15, 0.2) is 59.7 Å². The van der Waals surface area contributed by atoms with Gasteiger partial charge in [0, 0.05) is 6.42 Å². The van der Waals surface area contributed by atoms with E-state index in [2.05, 4.69) is 22.2 Å². The van der Waals surface area contributed by atoms with Gasteiger partial charge in [-0.1, -0.05) is 37.3 Å². The van der Waals surface area contributed by atoms with E-state index in [0.717, 1.165) is 35.5 Å². The van der Waals surface area contributed by atoms with Gasteiger partial charge < -0.3 is 4.74 Å². The average Bonchev–Trinajstić information content (AvgIpc) is 3.00. The molecule has 1 N–H and O–H groups in total. The molecule has 0 bridgehead atoms. The molecule has 0 saturated heterocycles. The standard InChI is InChI=1S/C19H20N4OS/c1-2-6-18-21-22-19(25)23(18)20-13-15-9-11-17(12-10-15)24-14-16-7-4-3-5-8-16/h3-5,7-13H,2,6,14H2,1H3,(H,22,25). The van der Waals surface area contributed by atoms with E-state index >= 15 is 0 Å². The molecule has 0 radical (unpaired) electrons. The molecule has 0 aliphatic heterocycles. The molecule has 6 heteroatoms. The van der Waals surface area contributed by atoms with Crippen molar-refractivity contribution < 1.29 is 4.74 Å². The summed E-state index contributed by atoms with van der Waals surface area (Å²) in [6.45, 7) is 2.65. The maximum Gasteiger partial charge on any atom is 0.216 e. The van der Waals surface area contributed by atoms with Gasteiger partial charge in [-0.3, -0.25) is 5.10 Å². The summed E-state index contributed by atoms with van der Waals surface area (Å²) >= 11 is 5.22. The predicted molar refractivity (Wildman–Crippen MR) is 102 cm³/mol. The normalized spacial score (nSPS) is 11.1. The van der Waals surface area contributed by atoms with Crippen LogP contribution in [0.2, 0.25) is 0 Å². The Kier molecular flexibility index (Phi) is 5.74. The van der Waals surface area contributed by atoms with Gasteiger partial charge >= 0.3 is 0 Å². The van der Waals surface area contributed by atoms with E-state index in [0.29, 0.717) is 11.4 Å². The first-order valence-corrected chi connectivity index (χ1v) is 8.64. The average molecular weight is 352 g/mol. The van der Waals surface area contributed by atoms with Gasteiger partial charge in [0.2, 0.25) is 4.77 Å². The van der Waals surface area contributed by atoms with Crippen LogP contribution >= 0.6 is 12.2 Å². The minimum atomic E-state index is 0.502. The number of benzene rings is 2. The van der Waals surface area contributed by atoms with Crippen molar-refractivity contribution in [2.45, 2.75) is 26.4 Å². The molecule has 0 saturated carbocycles. The van der Waals surface area contributed by atoms with Crippen LogP contribution in [0, 0.1) is 4.77 Å². The SMILES string of the molecule is CCCc1n[nH]c(=S)n1N=Cc1ccc(OCc2ccccc2)cc1. The molecule has 128 valence electrons. The highest BCUT2D eigenvalue weighted by Crippen LogP contribution is 2.13. The molecule has 5 nitrogen and oxygen atoms in total. The second-order valence-electron chi connectivity index (χ2n) is 5.59. The van der Waals surface area contributed by atoms with Gasteiger partial charge in [-0.05, 0) is 54.0 Å². The van der Waals surface area contributed by atoms with Crippen LogP contribution < -0.4 is 4.74 Å². The molecule has 0 aliphatic carbocycles. The number of hydrogen-bond acceptors (Lipinski definition) is 4. The monoisotopic (exact) mass is 352 g/mol. The van der Waals surface area contributed by atoms with Crippen molar-refractivity contribution in [1.82, 2.24) is 14.9 Å². The number of ether oxygens (including phenoxy) is 1. The van der Waals surface area contributed by atoms with Crippen molar-refractivity contribution >= 4 is 18.4 Å². The lowest BCUT2D eigenvalue weighted by molar-refractivity contribution is 0.306. The Bertz CT molecular complexity index is 882. The lowest BCUT2D eigenvalue weighted by Crippen LogP contribution is -1.99. The lowest BCUT2D eigenvalue weighted by Gasteiger charge is -2.06. The number of nitrogens with one attached hydrogen (secondary N) is 1. The highest BCUT2D eigenvalue weighted by atomic mass is 32.1. The van der Waals surface area contributed by atoms with Crippen molar-refractivity contribution in [2.24, 2.45) is 5.10 Å². The molecule has 0 unspecified atom stereocenters. The van der Waals surface area contributed by atoms with Gasteiger partial charge in [-0.25, -0.2) is 0 Å². The molecule has 2 aromatic carbocycles. The summed E-state index contributed by atoms with van der Waals surface area (Å²) in [4.78, 5) is 0. The van der Waals surface area contributed by atoms with Crippen LogP contribution in [0.5, 0.6) is 5.75 Å². The Morgan fingerprint density at radius 3 is 2.64 bits per heavy atom. The van der Waals surface area contributed by atoms with E-state index in [1.165, 1.54) is 0 Å². The molecule has 0 atom stereocenters. The summed E-state index contributed by atoms with van der Waals surface area (Å²) in [6.07, 6.45) is 3.59. The second-order valence-corrected chi connectivity index (χ2v) is 5.98. The molecule has 0 fully saturated rings. The van der Waals surface area contributed by atoms with E-state index in [1.54, 1.807) is 10.9 Å². The summed E-state index contributed by atoms with van der Waals surface area (Å²) < 4.78 is 7.95. The third-order valence-corrected chi connectivity index (χ3v) is 3.91. The second kappa shape index (κ2) is 8.39. The Morgan fingerprint density at radius 2 is 1.92 bits per heavy atom. The van der Waals surface area contributed by atoms with Gasteiger partial charge in [-0.2, -0.15) is 14.9 Å². The van der Waals surface area contributed by atoms with Gasteiger partial charge in [0.05, 0.1) is 6.21 Å². The lowest BCUT2D eigenvalue weighted by atomic mass is 10.2. The van der Waals surface area contributed by atoms with Crippen LogP contribution in [0.1, 0.15) is 30.3 Å². The van der Waals surface area contributed by atoms with Gasteiger partial charge in [0.1, 0.15) is 12.4 Å². The fraction of sp³-hybridized carbons (Fsp3) is 0.211. The molecular formula is C19H20N4OS. The summed E-state index contributed by atoms with van der Waals surface area (Å²) in [7, 11) is 0. The third-order valence-electron chi connectivity index (χ3n) is 3.64. The zero-order valence-electron chi connectivity index (χ0n) is 14.1. The molecular weight excluding hydrogens is 332 g/mol. The summed E-state index contributed by atoms with van der Waals surface area (Å²) in [5.74, 6) is 1.67. The maximum absolute atomic E-state index is 5.79. The first-order valence-electron chi connectivity index (χ1n) is 8.23. The minimum absolute atomic E-state index is 0.502. The Morgan fingerprint density at radius 1 is 1.16 bits per heavy atom. The molecule has 3 aromatic rings. The number of nitrogens with zero attached hydrogens (tertiary/aromatic N) is 3. The maximum atomic E-state index is 5.79. The number of H-pyrrole nitrogens is 1. The van der Waals surface area contributed by atoms with Crippen molar-refractivity contribution in [3.8, 4) is 5.75 Å². The zero-order valence-corrected chi connectivity index (χ0v) is 14.9. The first-order chi connectivity index (χ1) is 12.3. The van der Waals surface area contributed by atoms with Crippen LogP contribution in [0.25, 0.3) is 0 Å². The van der Waals surface area contributed by atoms with E-state index in [9.17, 15) is 0 Å². The van der Waals surface area contributed by atoms with E-state index in [-0.39, 0.29) is 0 Å². The molecule has 1 aromatic heterocycles. The number of hydrogen-bond donors (Lipinski definition) is 1. The first kappa shape index (κ1) is 17.1. The number of aryl methyl sites for hydroxylation is 1. The van der Waals surface area contributed by atoms with Crippen LogP contribution in [0.3, 0.4) is 0 Å². The van der Waals surface area contributed by atoms with Crippen molar-refractivity contribution in [1.29, 1.82) is 0 Å². The van der Waals surface area contributed by atoms with Crippen molar-refractivity contribution in [3.63, 3.8) is 0 Å². The Labute approximate surface area is 152 Å². The minimum Gasteiger partial charge on any atom is -0.489 e. The smallest absolute Gasteiger partial charge is 0.216 e. The van der Waals surface area contributed by atoms with Crippen molar-refractivity contribution in [2.75, 3.05) is 0 Å². The van der Waals surface area contributed by atoms with E-state index in [1.807, 2.05) is 54.6 Å². The highest BCUT2D eigenvalue weighted by Gasteiger charge is 2.03. The fourth-order valence-corrected chi connectivity index (χ4v) is 2.54. The fourth-order valence-electron chi connectivity index (χ4n) is 2.34. The van der Waals surface area contributed by atoms with Gasteiger partial charge in [-0.15, -0.1) is 0 Å². The van der Waals surface area contributed by atoms with Crippen LogP contribution in [-0.4, -0.2) is 21.1 Å². The predicted octanol–water partition coefficient (Wildman–Crippen LogP) is 4.35. The van der Waals surface area contributed by atoms with E-state index < -0.39 is 0 Å². The Balaban J connectivity index is 1.64. The molecule has 0 amide bonds. The zero-order chi connectivity index (χ0) is 17.5. The number of aromatic nitrogens is 3. The molecule has 0 aliphatic rings. The number of rotatable bonds is 7. The summed E-state index contributed by atoms with van der Waals surface area (Å²) in [5, 5.41) is 11.4. The van der Waals surface area contributed by atoms with Crippen molar-refractivity contribution in [3.05, 3.63) is 76.3 Å². The molecule has 25 heavy (non-hydrogen) atoms. The molecule has 0 spiro atoms. The highest BCUT2D eigenvalue weighted by molar-refractivity contribution is 7.71. The number of aromatic amines is 1. The van der Waals surface area contributed by atoms with E-state index in [4.69, 9.17) is 17.0 Å². The summed E-state index contributed by atoms with van der Waals surface area (Å²) in [5.41, 5.74) is 2.11. The van der Waals surface area contributed by atoms with Crippen LogP contribution in [0.4, 0.5) is 0 Å². The molecule has 3 rings (SSSR count).